The highest BCUT2D eigenvalue weighted by molar-refractivity contribution is 9.10. The second-order valence-electron chi connectivity index (χ2n) is 8.07. The molecular formula is C27H21BrClN3O6. The van der Waals surface area contributed by atoms with Crippen LogP contribution in [0, 0.1) is 0 Å². The first-order valence-corrected chi connectivity index (χ1v) is 12.4. The molecule has 0 bridgehead atoms. The van der Waals surface area contributed by atoms with E-state index in [-0.39, 0.29) is 17.8 Å². The Morgan fingerprint density at radius 3 is 2.50 bits per heavy atom. The summed E-state index contributed by atoms with van der Waals surface area (Å²) in [5, 5.41) is 5.36. The normalized spacial score (nSPS) is 14.2. The fraction of sp³-hybridized carbons (Fsp3) is 0.111. The van der Waals surface area contributed by atoms with Crippen LogP contribution in [0.25, 0.3) is 6.08 Å². The van der Waals surface area contributed by atoms with E-state index >= 15 is 0 Å². The Bertz CT molecular complexity index is 1490. The Morgan fingerprint density at radius 2 is 1.82 bits per heavy atom. The van der Waals surface area contributed by atoms with Crippen molar-refractivity contribution in [3.63, 3.8) is 0 Å². The third kappa shape index (κ3) is 5.87. The molecule has 194 valence electrons. The predicted octanol–water partition coefficient (Wildman–Crippen LogP) is 4.83. The molecular weight excluding hydrogens is 578 g/mol. The zero-order valence-corrected chi connectivity index (χ0v) is 22.6. The monoisotopic (exact) mass is 597 g/mol. The number of rotatable bonds is 6. The number of Topliss-reactive ketones (excluding diaryl/α,β-unsaturated/α-hetero) is 1. The van der Waals surface area contributed by atoms with Crippen molar-refractivity contribution in [3.05, 3.63) is 98.6 Å². The number of anilines is 2. The van der Waals surface area contributed by atoms with E-state index in [1.165, 1.54) is 19.3 Å². The Hall–Kier alpha value is -4.15. The largest absolute Gasteiger partial charge is 0.465 e. The van der Waals surface area contributed by atoms with Crippen LogP contribution < -0.4 is 15.5 Å². The summed E-state index contributed by atoms with van der Waals surface area (Å²) in [7, 11) is 1.21. The molecule has 38 heavy (non-hydrogen) atoms. The van der Waals surface area contributed by atoms with Gasteiger partial charge in [0.2, 0.25) is 5.78 Å². The van der Waals surface area contributed by atoms with E-state index in [4.69, 9.17) is 20.8 Å². The summed E-state index contributed by atoms with van der Waals surface area (Å²) in [5.41, 5.74) is 1.58. The molecule has 0 saturated heterocycles. The molecule has 1 aromatic heterocycles. The molecule has 2 amide bonds. The average Bonchev–Trinajstić information content (AvgIpc) is 3.44. The SMILES string of the molecule is COC(=O)C1=C(C)N(c2ccc(Br)cc2)/C(=C/c2ccc(CNC(=O)C(=O)Nc3cccc(Cl)c3)o2)C1=O. The minimum absolute atomic E-state index is 0.0694. The van der Waals surface area contributed by atoms with Gasteiger partial charge < -0.3 is 24.7 Å². The van der Waals surface area contributed by atoms with Crippen molar-refractivity contribution in [2.24, 2.45) is 0 Å². The van der Waals surface area contributed by atoms with Crippen molar-refractivity contribution >= 4 is 68.5 Å². The minimum Gasteiger partial charge on any atom is -0.465 e. The fourth-order valence-corrected chi connectivity index (χ4v) is 4.24. The molecule has 0 saturated carbocycles. The lowest BCUT2D eigenvalue weighted by atomic mass is 10.1. The first-order chi connectivity index (χ1) is 18.2. The minimum atomic E-state index is -0.865. The van der Waals surface area contributed by atoms with Crippen molar-refractivity contribution in [2.45, 2.75) is 13.5 Å². The van der Waals surface area contributed by atoms with Gasteiger partial charge >= 0.3 is 17.8 Å². The van der Waals surface area contributed by atoms with Crippen LogP contribution in [0.1, 0.15) is 18.4 Å². The molecule has 9 nitrogen and oxygen atoms in total. The summed E-state index contributed by atoms with van der Waals surface area (Å²) in [5.74, 6) is -2.32. The maximum atomic E-state index is 13.2. The number of furan rings is 1. The van der Waals surface area contributed by atoms with E-state index in [0.29, 0.717) is 33.6 Å². The topological polar surface area (TPSA) is 118 Å². The molecule has 3 aromatic rings. The molecule has 1 aliphatic heterocycles. The first-order valence-electron chi connectivity index (χ1n) is 11.2. The van der Waals surface area contributed by atoms with Crippen LogP contribution in [0.3, 0.4) is 0 Å². The molecule has 2 N–H and O–H groups in total. The smallest absolute Gasteiger partial charge is 0.343 e. The number of carbonyl (C=O) groups excluding carboxylic acids is 4. The lowest BCUT2D eigenvalue weighted by Gasteiger charge is -2.21. The molecule has 11 heteroatoms. The molecule has 0 fully saturated rings. The first kappa shape index (κ1) is 26.9. The molecule has 0 aliphatic carbocycles. The number of hydrogen-bond acceptors (Lipinski definition) is 7. The van der Waals surface area contributed by atoms with Gasteiger partial charge in [0.25, 0.3) is 0 Å². The van der Waals surface area contributed by atoms with Crippen LogP contribution in [-0.2, 0) is 30.5 Å². The summed E-state index contributed by atoms with van der Waals surface area (Å²) >= 11 is 9.28. The standard InChI is InChI=1S/C27H21BrClN3O6/c1-15-23(27(36)37-2)24(33)22(32(15)19-8-6-16(28)7-9-19)13-20-10-11-21(38-20)14-30-25(34)26(35)31-18-5-3-4-17(29)12-18/h3-13H,14H2,1-2H3,(H,30,34)(H,31,35)/b22-13+. The summed E-state index contributed by atoms with van der Waals surface area (Å²) < 4.78 is 11.4. The van der Waals surface area contributed by atoms with Crippen molar-refractivity contribution in [2.75, 3.05) is 17.3 Å². The number of ketones is 1. The molecule has 1 aliphatic rings. The molecule has 2 aromatic carbocycles. The van der Waals surface area contributed by atoms with Crippen LogP contribution in [0.5, 0.6) is 0 Å². The molecule has 0 atom stereocenters. The fourth-order valence-electron chi connectivity index (χ4n) is 3.79. The predicted molar refractivity (Wildman–Crippen MR) is 145 cm³/mol. The Labute approximate surface area is 231 Å². The zero-order valence-electron chi connectivity index (χ0n) is 20.2. The van der Waals surface area contributed by atoms with Gasteiger partial charge in [-0.3, -0.25) is 14.4 Å². The van der Waals surface area contributed by atoms with Crippen LogP contribution in [0.2, 0.25) is 5.02 Å². The highest BCUT2D eigenvalue weighted by Crippen LogP contribution is 2.36. The number of carbonyl (C=O) groups is 4. The molecule has 4 rings (SSSR count). The number of benzene rings is 2. The number of esters is 1. The average molecular weight is 599 g/mol. The Morgan fingerprint density at radius 1 is 1.08 bits per heavy atom. The number of amides is 2. The molecule has 0 spiro atoms. The summed E-state index contributed by atoms with van der Waals surface area (Å²) in [6.45, 7) is 1.59. The van der Waals surface area contributed by atoms with Crippen molar-refractivity contribution in [1.82, 2.24) is 5.32 Å². The van der Waals surface area contributed by atoms with Crippen molar-refractivity contribution in [1.29, 1.82) is 0 Å². The summed E-state index contributed by atoms with van der Waals surface area (Å²) in [6, 6.07) is 16.9. The Balaban J connectivity index is 1.50. The number of halogens is 2. The highest BCUT2D eigenvalue weighted by Gasteiger charge is 2.38. The number of ether oxygens (including phenoxy) is 1. The van der Waals surface area contributed by atoms with E-state index in [2.05, 4.69) is 26.6 Å². The van der Waals surface area contributed by atoms with Crippen LogP contribution in [-0.4, -0.2) is 30.7 Å². The summed E-state index contributed by atoms with van der Waals surface area (Å²) in [6.07, 6.45) is 1.50. The third-order valence-corrected chi connectivity index (χ3v) is 6.31. The number of nitrogens with zero attached hydrogens (tertiary/aromatic N) is 1. The van der Waals surface area contributed by atoms with Gasteiger partial charge in [-0.15, -0.1) is 0 Å². The van der Waals surface area contributed by atoms with Gasteiger partial charge in [-0.05, 0) is 61.5 Å². The van der Waals surface area contributed by atoms with Crippen LogP contribution >= 0.6 is 27.5 Å². The van der Waals surface area contributed by atoms with Gasteiger partial charge in [-0.2, -0.15) is 0 Å². The zero-order chi connectivity index (χ0) is 27.4. The van der Waals surface area contributed by atoms with Gasteiger partial charge in [-0.25, -0.2) is 4.79 Å². The summed E-state index contributed by atoms with van der Waals surface area (Å²) in [4.78, 5) is 51.6. The van der Waals surface area contributed by atoms with Crippen molar-refractivity contribution < 1.29 is 28.3 Å². The maximum Gasteiger partial charge on any atom is 0.343 e. The quantitative estimate of drug-likeness (QED) is 0.181. The number of nitrogens with one attached hydrogen (secondary N) is 2. The van der Waals surface area contributed by atoms with E-state index in [9.17, 15) is 19.2 Å². The number of methoxy groups -OCH3 is 1. The maximum absolute atomic E-state index is 13.2. The molecule has 0 radical (unpaired) electrons. The lowest BCUT2D eigenvalue weighted by molar-refractivity contribution is -0.137. The molecule has 2 heterocycles. The van der Waals surface area contributed by atoms with E-state index < -0.39 is 23.6 Å². The van der Waals surface area contributed by atoms with Gasteiger partial charge in [0, 0.05) is 32.6 Å². The van der Waals surface area contributed by atoms with Crippen molar-refractivity contribution in [3.8, 4) is 0 Å². The van der Waals surface area contributed by atoms with Gasteiger partial charge in [0.05, 0.1) is 19.4 Å². The third-order valence-electron chi connectivity index (χ3n) is 5.55. The lowest BCUT2D eigenvalue weighted by Crippen LogP contribution is -2.34. The van der Waals surface area contributed by atoms with Crippen LogP contribution in [0.15, 0.2) is 86.5 Å². The number of allylic oxidation sites excluding steroid dienone is 2. The van der Waals surface area contributed by atoms with Gasteiger partial charge in [0.15, 0.2) is 0 Å². The van der Waals surface area contributed by atoms with E-state index in [1.54, 1.807) is 54.3 Å². The van der Waals surface area contributed by atoms with E-state index in [0.717, 1.165) is 4.47 Å². The highest BCUT2D eigenvalue weighted by atomic mass is 79.9. The molecule has 0 unspecified atom stereocenters. The van der Waals surface area contributed by atoms with Gasteiger partial charge in [0.1, 0.15) is 17.1 Å². The van der Waals surface area contributed by atoms with Gasteiger partial charge in [-0.1, -0.05) is 33.6 Å². The second kappa shape index (κ2) is 11.5. The Kier molecular flexibility index (Phi) is 8.13. The van der Waals surface area contributed by atoms with Crippen LogP contribution in [0.4, 0.5) is 11.4 Å². The van der Waals surface area contributed by atoms with E-state index in [1.807, 2.05) is 12.1 Å². The second-order valence-corrected chi connectivity index (χ2v) is 9.43. The number of hydrogen-bond donors (Lipinski definition) is 2.